The number of anilines is 1. The Hall–Kier alpha value is -2.85. The second-order valence-corrected chi connectivity index (χ2v) is 9.35. The van der Waals surface area contributed by atoms with Crippen LogP contribution in [0.15, 0.2) is 47.4 Å². The van der Waals surface area contributed by atoms with Crippen LogP contribution in [0.25, 0.3) is 10.2 Å². The summed E-state index contributed by atoms with van der Waals surface area (Å²) in [5.74, 6) is -0.483. The van der Waals surface area contributed by atoms with E-state index < -0.39 is 14.8 Å². The van der Waals surface area contributed by atoms with Crippen molar-refractivity contribution in [2.75, 3.05) is 11.1 Å². The number of hydrogen-bond donors (Lipinski definition) is 1. The van der Waals surface area contributed by atoms with Gasteiger partial charge in [-0.2, -0.15) is 0 Å². The van der Waals surface area contributed by atoms with Crippen LogP contribution in [-0.2, 0) is 14.6 Å². The van der Waals surface area contributed by atoms with Crippen LogP contribution < -0.4 is 5.32 Å². The molecule has 0 aliphatic heterocycles. The Morgan fingerprint density at radius 2 is 1.93 bits per heavy atom. The molecule has 1 aromatic heterocycles. The van der Waals surface area contributed by atoms with Crippen molar-refractivity contribution in [3.05, 3.63) is 58.1 Å². The van der Waals surface area contributed by atoms with E-state index in [2.05, 4.69) is 10.3 Å². The third kappa shape index (κ3) is 4.70. The molecular formula is C18H17N3O5S2. The van der Waals surface area contributed by atoms with Crippen molar-refractivity contribution in [2.24, 2.45) is 0 Å². The molecule has 0 spiro atoms. The average Bonchev–Trinajstić information content (AvgIpc) is 3.03. The third-order valence-corrected chi connectivity index (χ3v) is 6.78. The van der Waals surface area contributed by atoms with Gasteiger partial charge in [-0.1, -0.05) is 29.0 Å². The van der Waals surface area contributed by atoms with Crippen LogP contribution in [0.5, 0.6) is 0 Å². The average molecular weight is 419 g/mol. The largest absolute Gasteiger partial charge is 0.302 e. The smallest absolute Gasteiger partial charge is 0.270 e. The lowest BCUT2D eigenvalue weighted by Crippen LogP contribution is -2.14. The molecule has 0 radical (unpaired) electrons. The molecule has 0 atom stereocenters. The summed E-state index contributed by atoms with van der Waals surface area (Å²) in [4.78, 5) is 26.9. The van der Waals surface area contributed by atoms with E-state index in [1.807, 2.05) is 6.92 Å². The number of benzene rings is 2. The molecule has 0 fully saturated rings. The summed E-state index contributed by atoms with van der Waals surface area (Å²) in [6, 6.07) is 10.9. The minimum Gasteiger partial charge on any atom is -0.302 e. The van der Waals surface area contributed by atoms with Crippen molar-refractivity contribution >= 4 is 48.1 Å². The quantitative estimate of drug-likeness (QED) is 0.460. The lowest BCUT2D eigenvalue weighted by molar-refractivity contribution is -0.384. The van der Waals surface area contributed by atoms with Gasteiger partial charge in [-0.15, -0.1) is 0 Å². The highest BCUT2D eigenvalue weighted by molar-refractivity contribution is 7.91. The maximum absolute atomic E-state index is 12.3. The fraction of sp³-hybridized carbons (Fsp3) is 0.222. The van der Waals surface area contributed by atoms with E-state index in [-0.39, 0.29) is 35.1 Å². The first-order chi connectivity index (χ1) is 13.2. The molecule has 8 nitrogen and oxygen atoms in total. The third-order valence-electron chi connectivity index (χ3n) is 4.03. The van der Waals surface area contributed by atoms with E-state index >= 15 is 0 Å². The molecule has 0 bridgehead atoms. The van der Waals surface area contributed by atoms with Gasteiger partial charge in [0, 0.05) is 18.6 Å². The van der Waals surface area contributed by atoms with E-state index in [1.165, 1.54) is 18.2 Å². The Bertz CT molecular complexity index is 1140. The number of nitrogens with one attached hydrogen (secondary N) is 1. The van der Waals surface area contributed by atoms with Gasteiger partial charge in [-0.05, 0) is 31.5 Å². The Kier molecular flexibility index (Phi) is 5.71. The zero-order chi connectivity index (χ0) is 20.3. The second kappa shape index (κ2) is 8.03. The molecule has 28 heavy (non-hydrogen) atoms. The van der Waals surface area contributed by atoms with Crippen LogP contribution in [0.1, 0.15) is 18.4 Å². The van der Waals surface area contributed by atoms with Crippen LogP contribution in [-0.4, -0.2) is 30.0 Å². The van der Waals surface area contributed by atoms with Gasteiger partial charge in [0.1, 0.15) is 0 Å². The van der Waals surface area contributed by atoms with Gasteiger partial charge in [-0.25, -0.2) is 13.4 Å². The standard InChI is InChI=1S/C18H17N3O5S2/c1-12-4-7-14(8-5-12)28(25,26)10-2-3-17(22)20-18-19-15-9-6-13(21(23)24)11-16(15)27-18/h4-9,11H,2-3,10H2,1H3,(H,19,20,22). The Morgan fingerprint density at radius 3 is 2.61 bits per heavy atom. The monoisotopic (exact) mass is 419 g/mol. The molecule has 1 heterocycles. The topological polar surface area (TPSA) is 119 Å². The lowest BCUT2D eigenvalue weighted by Gasteiger charge is -2.05. The van der Waals surface area contributed by atoms with Gasteiger partial charge < -0.3 is 5.32 Å². The molecule has 1 amide bonds. The van der Waals surface area contributed by atoms with Crippen LogP contribution in [0, 0.1) is 17.0 Å². The predicted octanol–water partition coefficient (Wildman–Crippen LogP) is 3.71. The molecule has 10 heteroatoms. The molecule has 0 aliphatic rings. The number of aromatic nitrogens is 1. The molecule has 0 aliphatic carbocycles. The van der Waals surface area contributed by atoms with Crippen molar-refractivity contribution < 1.29 is 18.1 Å². The number of rotatable bonds is 7. The number of thiazole rings is 1. The lowest BCUT2D eigenvalue weighted by atomic mass is 10.2. The number of carbonyl (C=O) groups is 1. The van der Waals surface area contributed by atoms with Crippen LogP contribution in [0.4, 0.5) is 10.8 Å². The molecule has 2 aromatic carbocycles. The normalized spacial score (nSPS) is 11.5. The minimum absolute atomic E-state index is 0.0289. The molecule has 0 unspecified atom stereocenters. The van der Waals surface area contributed by atoms with Gasteiger partial charge in [0.25, 0.3) is 5.69 Å². The summed E-state index contributed by atoms with van der Waals surface area (Å²) in [6.07, 6.45) is 0.208. The number of fused-ring (bicyclic) bond motifs is 1. The number of nitro benzene ring substituents is 1. The van der Waals surface area contributed by atoms with Crippen LogP contribution in [0.3, 0.4) is 0 Å². The van der Waals surface area contributed by atoms with Crippen molar-refractivity contribution in [3.63, 3.8) is 0 Å². The Balaban J connectivity index is 1.57. The van der Waals surface area contributed by atoms with Gasteiger partial charge in [0.05, 0.1) is 25.8 Å². The van der Waals surface area contributed by atoms with Gasteiger partial charge in [0.15, 0.2) is 15.0 Å². The molecule has 0 saturated carbocycles. The molecule has 146 valence electrons. The predicted molar refractivity (Wildman–Crippen MR) is 107 cm³/mol. The van der Waals surface area contributed by atoms with E-state index in [0.29, 0.717) is 15.3 Å². The Labute approximate surface area is 165 Å². The second-order valence-electron chi connectivity index (χ2n) is 6.21. The number of non-ortho nitro benzene ring substituents is 1. The van der Waals surface area contributed by atoms with E-state index in [4.69, 9.17) is 0 Å². The number of amides is 1. The Morgan fingerprint density at radius 1 is 1.21 bits per heavy atom. The maximum Gasteiger partial charge on any atom is 0.270 e. The highest BCUT2D eigenvalue weighted by Crippen LogP contribution is 2.29. The molecule has 1 N–H and O–H groups in total. The van der Waals surface area contributed by atoms with Crippen molar-refractivity contribution in [1.82, 2.24) is 4.98 Å². The highest BCUT2D eigenvalue weighted by atomic mass is 32.2. The number of aryl methyl sites for hydroxylation is 1. The van der Waals surface area contributed by atoms with Crippen molar-refractivity contribution in [3.8, 4) is 0 Å². The molecular weight excluding hydrogens is 402 g/mol. The summed E-state index contributed by atoms with van der Waals surface area (Å²) in [7, 11) is -3.44. The summed E-state index contributed by atoms with van der Waals surface area (Å²) in [5.41, 5.74) is 1.47. The van der Waals surface area contributed by atoms with Crippen molar-refractivity contribution in [2.45, 2.75) is 24.7 Å². The zero-order valence-corrected chi connectivity index (χ0v) is 16.5. The number of carbonyl (C=O) groups excluding carboxylic acids is 1. The minimum atomic E-state index is -3.44. The molecule has 3 rings (SSSR count). The highest BCUT2D eigenvalue weighted by Gasteiger charge is 2.16. The number of nitrogens with zero attached hydrogens (tertiary/aromatic N) is 2. The van der Waals surface area contributed by atoms with Crippen molar-refractivity contribution in [1.29, 1.82) is 0 Å². The van der Waals surface area contributed by atoms with Crippen LogP contribution in [0.2, 0.25) is 0 Å². The van der Waals surface area contributed by atoms with E-state index in [0.717, 1.165) is 16.9 Å². The fourth-order valence-corrected chi connectivity index (χ4v) is 4.77. The zero-order valence-electron chi connectivity index (χ0n) is 14.9. The van der Waals surface area contributed by atoms with E-state index in [1.54, 1.807) is 24.3 Å². The summed E-state index contributed by atoms with van der Waals surface area (Å²) >= 11 is 1.13. The number of sulfone groups is 1. The molecule has 3 aromatic rings. The number of hydrogen-bond acceptors (Lipinski definition) is 7. The summed E-state index contributed by atoms with van der Waals surface area (Å²) < 4.78 is 25.2. The van der Waals surface area contributed by atoms with Gasteiger partial charge >= 0.3 is 0 Å². The first-order valence-electron chi connectivity index (χ1n) is 8.39. The fourth-order valence-electron chi connectivity index (χ4n) is 2.55. The maximum atomic E-state index is 12.3. The first-order valence-corrected chi connectivity index (χ1v) is 10.9. The van der Waals surface area contributed by atoms with Gasteiger partial charge in [-0.3, -0.25) is 14.9 Å². The SMILES string of the molecule is Cc1ccc(S(=O)(=O)CCCC(=O)Nc2nc3ccc([N+](=O)[O-])cc3s2)cc1. The van der Waals surface area contributed by atoms with E-state index in [9.17, 15) is 23.3 Å². The van der Waals surface area contributed by atoms with Gasteiger partial charge in [0.2, 0.25) is 5.91 Å². The molecule has 0 saturated heterocycles. The van der Waals surface area contributed by atoms with Crippen LogP contribution >= 0.6 is 11.3 Å². The first kappa shape index (κ1) is 19.9. The number of nitro groups is 1. The summed E-state index contributed by atoms with van der Waals surface area (Å²) in [5, 5.41) is 13.8. The summed E-state index contributed by atoms with van der Waals surface area (Å²) in [6.45, 7) is 1.88.